The summed E-state index contributed by atoms with van der Waals surface area (Å²) in [7, 11) is 0. The van der Waals surface area contributed by atoms with Crippen LogP contribution in [-0.2, 0) is 11.3 Å². The van der Waals surface area contributed by atoms with Gasteiger partial charge in [0.1, 0.15) is 5.82 Å². The zero-order valence-electron chi connectivity index (χ0n) is 11.5. The maximum absolute atomic E-state index is 13.4. The van der Waals surface area contributed by atoms with Gasteiger partial charge in [-0.2, -0.15) is 5.10 Å². The fourth-order valence-corrected chi connectivity index (χ4v) is 3.54. The Morgan fingerprint density at radius 3 is 3.24 bits per heavy atom. The van der Waals surface area contributed by atoms with Crippen LogP contribution in [0.15, 0.2) is 41.6 Å². The molecular formula is C15H16FN3OS. The van der Waals surface area contributed by atoms with Crippen molar-refractivity contribution in [3.8, 4) is 0 Å². The second-order valence-corrected chi connectivity index (χ2v) is 6.10. The Labute approximate surface area is 126 Å². The topological polar surface area (TPSA) is 46.9 Å². The highest BCUT2D eigenvalue weighted by atomic mass is 32.2. The molecule has 1 aliphatic rings. The third kappa shape index (κ3) is 3.44. The van der Waals surface area contributed by atoms with Gasteiger partial charge in [-0.25, -0.2) is 4.39 Å². The van der Waals surface area contributed by atoms with Crippen molar-refractivity contribution in [2.24, 2.45) is 0 Å². The number of benzene rings is 1. The standard InChI is InChI=1S/C15H16FN3OS/c16-11-2-3-14-12(10-11)13(5-9-21-14)18-15(20)4-8-19-7-1-6-17-19/h1-3,6-7,10,13H,4-5,8-9H2,(H,18,20)/t13-/m0/s1. The first-order valence-electron chi connectivity index (χ1n) is 6.91. The largest absolute Gasteiger partial charge is 0.349 e. The third-order valence-corrected chi connectivity index (χ3v) is 4.60. The molecule has 2 aromatic rings. The highest BCUT2D eigenvalue weighted by Crippen LogP contribution is 2.36. The Hall–Kier alpha value is -1.82. The zero-order valence-corrected chi connectivity index (χ0v) is 12.3. The number of halogens is 1. The summed E-state index contributed by atoms with van der Waals surface area (Å²) in [6.45, 7) is 0.552. The Bertz CT molecular complexity index is 630. The molecule has 1 amide bonds. The number of fused-ring (bicyclic) bond motifs is 1. The first-order valence-corrected chi connectivity index (χ1v) is 7.90. The van der Waals surface area contributed by atoms with Crippen LogP contribution in [-0.4, -0.2) is 21.4 Å². The molecule has 0 spiro atoms. The lowest BCUT2D eigenvalue weighted by molar-refractivity contribution is -0.122. The lowest BCUT2D eigenvalue weighted by atomic mass is 10.0. The van der Waals surface area contributed by atoms with E-state index in [1.165, 1.54) is 12.1 Å². The predicted octanol–water partition coefficient (Wildman–Crippen LogP) is 2.77. The predicted molar refractivity (Wildman–Crippen MR) is 79.5 cm³/mol. The third-order valence-electron chi connectivity index (χ3n) is 3.47. The minimum atomic E-state index is -0.257. The molecule has 1 aromatic carbocycles. The summed E-state index contributed by atoms with van der Waals surface area (Å²) in [5.41, 5.74) is 0.888. The second-order valence-electron chi connectivity index (χ2n) is 4.96. The number of nitrogens with zero attached hydrogens (tertiary/aromatic N) is 2. The Morgan fingerprint density at radius 1 is 1.52 bits per heavy atom. The number of amides is 1. The van der Waals surface area contributed by atoms with Crippen molar-refractivity contribution in [3.63, 3.8) is 0 Å². The van der Waals surface area contributed by atoms with Gasteiger partial charge in [0.2, 0.25) is 5.91 Å². The van der Waals surface area contributed by atoms with Crippen LogP contribution in [0.25, 0.3) is 0 Å². The quantitative estimate of drug-likeness (QED) is 0.945. The lowest BCUT2D eigenvalue weighted by Gasteiger charge is -2.26. The molecule has 6 heteroatoms. The molecule has 21 heavy (non-hydrogen) atoms. The number of rotatable bonds is 4. The lowest BCUT2D eigenvalue weighted by Crippen LogP contribution is -2.31. The summed E-state index contributed by atoms with van der Waals surface area (Å²) in [6, 6.07) is 6.52. The van der Waals surface area contributed by atoms with Crippen LogP contribution < -0.4 is 5.32 Å². The molecule has 1 N–H and O–H groups in total. The van der Waals surface area contributed by atoms with Gasteiger partial charge in [-0.15, -0.1) is 11.8 Å². The molecule has 0 fully saturated rings. The maximum atomic E-state index is 13.4. The Balaban J connectivity index is 1.63. The monoisotopic (exact) mass is 305 g/mol. The van der Waals surface area contributed by atoms with Crippen LogP contribution in [0.4, 0.5) is 4.39 Å². The van der Waals surface area contributed by atoms with Gasteiger partial charge in [-0.05, 0) is 36.2 Å². The fraction of sp³-hybridized carbons (Fsp3) is 0.333. The molecule has 0 saturated heterocycles. The van der Waals surface area contributed by atoms with Crippen molar-refractivity contribution < 1.29 is 9.18 Å². The van der Waals surface area contributed by atoms with E-state index in [0.717, 1.165) is 22.6 Å². The number of thioether (sulfide) groups is 1. The molecule has 2 heterocycles. The van der Waals surface area contributed by atoms with Crippen molar-refractivity contribution in [2.75, 3.05) is 5.75 Å². The summed E-state index contributed by atoms with van der Waals surface area (Å²) in [6.07, 6.45) is 4.72. The maximum Gasteiger partial charge on any atom is 0.222 e. The van der Waals surface area contributed by atoms with Gasteiger partial charge in [0.15, 0.2) is 0 Å². The van der Waals surface area contributed by atoms with Crippen molar-refractivity contribution in [1.82, 2.24) is 15.1 Å². The molecule has 0 unspecified atom stereocenters. The highest BCUT2D eigenvalue weighted by Gasteiger charge is 2.22. The van der Waals surface area contributed by atoms with Gasteiger partial charge < -0.3 is 5.32 Å². The van der Waals surface area contributed by atoms with Crippen LogP contribution in [0.1, 0.15) is 24.4 Å². The van der Waals surface area contributed by atoms with Crippen molar-refractivity contribution in [1.29, 1.82) is 0 Å². The van der Waals surface area contributed by atoms with Crippen molar-refractivity contribution in [2.45, 2.75) is 30.3 Å². The number of aromatic nitrogens is 2. The van der Waals surface area contributed by atoms with Crippen LogP contribution in [0.5, 0.6) is 0 Å². The van der Waals surface area contributed by atoms with Crippen molar-refractivity contribution in [3.05, 3.63) is 48.0 Å². The summed E-state index contributed by atoms with van der Waals surface area (Å²) in [5, 5.41) is 7.07. The van der Waals surface area contributed by atoms with Gasteiger partial charge >= 0.3 is 0 Å². The number of carbonyl (C=O) groups is 1. The van der Waals surface area contributed by atoms with Gasteiger partial charge in [0.25, 0.3) is 0 Å². The molecular weight excluding hydrogens is 289 g/mol. The first kappa shape index (κ1) is 14.1. The smallest absolute Gasteiger partial charge is 0.222 e. The molecule has 110 valence electrons. The minimum Gasteiger partial charge on any atom is -0.349 e. The Kier molecular flexibility index (Phi) is 4.24. The molecule has 1 atom stereocenters. The summed E-state index contributed by atoms with van der Waals surface area (Å²) in [4.78, 5) is 13.1. The SMILES string of the molecule is O=C(CCn1cccn1)N[C@H]1CCSc2ccc(F)cc21. The van der Waals surface area contributed by atoms with E-state index in [9.17, 15) is 9.18 Å². The second kappa shape index (κ2) is 6.30. The van der Waals surface area contributed by atoms with Crippen molar-refractivity contribution >= 4 is 17.7 Å². The molecule has 1 aromatic heterocycles. The van der Waals surface area contributed by atoms with E-state index >= 15 is 0 Å². The van der Waals surface area contributed by atoms with Crippen LogP contribution in [0, 0.1) is 5.82 Å². The number of aryl methyl sites for hydroxylation is 1. The number of nitrogens with one attached hydrogen (secondary N) is 1. The normalized spacial score (nSPS) is 17.3. The van der Waals surface area contributed by atoms with Crippen LogP contribution >= 0.6 is 11.8 Å². The van der Waals surface area contributed by atoms with E-state index in [4.69, 9.17) is 0 Å². The molecule has 1 aliphatic heterocycles. The molecule has 0 saturated carbocycles. The zero-order chi connectivity index (χ0) is 14.7. The molecule has 0 aliphatic carbocycles. The van der Waals surface area contributed by atoms with E-state index in [2.05, 4.69) is 10.4 Å². The van der Waals surface area contributed by atoms with Gasteiger partial charge in [-0.1, -0.05) is 0 Å². The number of carbonyl (C=O) groups excluding carboxylic acids is 1. The summed E-state index contributed by atoms with van der Waals surface area (Å²) >= 11 is 1.71. The average Bonchev–Trinajstić information content (AvgIpc) is 2.99. The summed E-state index contributed by atoms with van der Waals surface area (Å²) < 4.78 is 15.1. The summed E-state index contributed by atoms with van der Waals surface area (Å²) in [5.74, 6) is 0.646. The minimum absolute atomic E-state index is 0.0300. The first-order chi connectivity index (χ1) is 10.2. The molecule has 0 bridgehead atoms. The number of hydrogen-bond acceptors (Lipinski definition) is 3. The molecule has 0 radical (unpaired) electrons. The average molecular weight is 305 g/mol. The molecule has 3 rings (SSSR count). The van der Waals surface area contributed by atoms with E-state index in [1.807, 2.05) is 12.3 Å². The van der Waals surface area contributed by atoms with Crippen LogP contribution in [0.3, 0.4) is 0 Å². The van der Waals surface area contributed by atoms with Gasteiger partial charge in [0, 0.05) is 36.0 Å². The van der Waals surface area contributed by atoms with E-state index in [-0.39, 0.29) is 17.8 Å². The van der Waals surface area contributed by atoms with Gasteiger partial charge in [-0.3, -0.25) is 9.48 Å². The highest BCUT2D eigenvalue weighted by molar-refractivity contribution is 7.99. The molecule has 4 nitrogen and oxygen atoms in total. The van der Waals surface area contributed by atoms with E-state index in [0.29, 0.717) is 13.0 Å². The fourth-order valence-electron chi connectivity index (χ4n) is 2.43. The van der Waals surface area contributed by atoms with E-state index in [1.54, 1.807) is 28.7 Å². The Morgan fingerprint density at radius 2 is 2.43 bits per heavy atom. The van der Waals surface area contributed by atoms with E-state index < -0.39 is 0 Å². The van der Waals surface area contributed by atoms with Gasteiger partial charge in [0.05, 0.1) is 6.04 Å². The number of hydrogen-bond donors (Lipinski definition) is 1. The van der Waals surface area contributed by atoms with Crippen LogP contribution in [0.2, 0.25) is 0 Å².